The fraction of sp³-hybridized carbons (Fsp3) is 1.00. The Morgan fingerprint density at radius 2 is 1.93 bits per heavy atom. The summed E-state index contributed by atoms with van der Waals surface area (Å²) in [5, 5.41) is 5.10. The van der Waals surface area contributed by atoms with E-state index in [0.717, 1.165) is 23.6 Å². The van der Waals surface area contributed by atoms with Crippen molar-refractivity contribution < 1.29 is 0 Å². The summed E-state index contributed by atoms with van der Waals surface area (Å²) in [5.41, 5.74) is 0. The average Bonchev–Trinajstić information content (AvgIpc) is 2.16. The van der Waals surface area contributed by atoms with E-state index in [1.54, 1.807) is 0 Å². The molecule has 1 aliphatic rings. The van der Waals surface area contributed by atoms with E-state index >= 15 is 0 Å². The van der Waals surface area contributed by atoms with E-state index in [-0.39, 0.29) is 0 Å². The van der Waals surface area contributed by atoms with E-state index in [0.29, 0.717) is 6.04 Å². The zero-order valence-corrected chi connectivity index (χ0v) is 11.4. The molecule has 0 amide bonds. The quantitative estimate of drug-likeness (QED) is 0.729. The molecule has 1 rings (SSSR count). The minimum Gasteiger partial charge on any atom is -0.315 e. The summed E-state index contributed by atoms with van der Waals surface area (Å²) in [4.78, 5) is 2.63. The zero-order chi connectivity index (χ0) is 11.3. The number of thioether (sulfide) groups is 1. The van der Waals surface area contributed by atoms with Crippen LogP contribution < -0.4 is 5.32 Å². The van der Waals surface area contributed by atoms with E-state index < -0.39 is 0 Å². The number of nitrogens with zero attached hydrogens (tertiary/aromatic N) is 1. The molecule has 0 aromatic rings. The Morgan fingerprint density at radius 1 is 1.33 bits per heavy atom. The van der Waals surface area contributed by atoms with Gasteiger partial charge in [0, 0.05) is 36.2 Å². The van der Waals surface area contributed by atoms with Crippen molar-refractivity contribution in [2.24, 2.45) is 0 Å². The number of nitrogens with one attached hydrogen (secondary N) is 1. The second kappa shape index (κ2) is 6.77. The summed E-state index contributed by atoms with van der Waals surface area (Å²) in [7, 11) is 0. The zero-order valence-electron chi connectivity index (χ0n) is 10.6. The highest BCUT2D eigenvalue weighted by atomic mass is 32.2. The minimum absolute atomic E-state index is 0.683. The summed E-state index contributed by atoms with van der Waals surface area (Å²) in [6, 6.07) is 0.683. The topological polar surface area (TPSA) is 15.3 Å². The van der Waals surface area contributed by atoms with Crippen LogP contribution in [0.3, 0.4) is 0 Å². The first kappa shape index (κ1) is 13.3. The molecule has 1 N–H and O–H groups in total. The standard InChI is InChI=1S/C12H26N2S/c1-5-6-13-7-10(2)14-8-11(3)15-12(4)9-14/h10-13H,5-9H2,1-4H3. The Bertz CT molecular complexity index is 165. The van der Waals surface area contributed by atoms with Gasteiger partial charge < -0.3 is 5.32 Å². The van der Waals surface area contributed by atoms with Crippen LogP contribution in [0.4, 0.5) is 0 Å². The first-order valence-electron chi connectivity index (χ1n) is 6.23. The highest BCUT2D eigenvalue weighted by Gasteiger charge is 2.25. The molecule has 2 nitrogen and oxygen atoms in total. The molecule has 3 unspecified atom stereocenters. The van der Waals surface area contributed by atoms with Crippen molar-refractivity contribution >= 4 is 11.8 Å². The molecular weight excluding hydrogens is 204 g/mol. The van der Waals surface area contributed by atoms with E-state index in [2.05, 4.69) is 49.7 Å². The van der Waals surface area contributed by atoms with Gasteiger partial charge in [0.1, 0.15) is 0 Å². The van der Waals surface area contributed by atoms with Gasteiger partial charge in [0.25, 0.3) is 0 Å². The van der Waals surface area contributed by atoms with Gasteiger partial charge in [-0.05, 0) is 19.9 Å². The summed E-state index contributed by atoms with van der Waals surface area (Å²) < 4.78 is 0. The van der Waals surface area contributed by atoms with E-state index in [1.807, 2.05) is 0 Å². The lowest BCUT2D eigenvalue weighted by atomic mass is 10.2. The molecule has 0 bridgehead atoms. The summed E-state index contributed by atoms with van der Waals surface area (Å²) in [5.74, 6) is 0. The number of hydrogen-bond donors (Lipinski definition) is 1. The summed E-state index contributed by atoms with van der Waals surface area (Å²) in [6.07, 6.45) is 1.23. The lowest BCUT2D eigenvalue weighted by Crippen LogP contribution is -2.48. The van der Waals surface area contributed by atoms with Gasteiger partial charge in [-0.15, -0.1) is 0 Å². The SMILES string of the molecule is CCCNCC(C)N1CC(C)SC(C)C1. The maximum Gasteiger partial charge on any atom is 0.0193 e. The lowest BCUT2D eigenvalue weighted by molar-refractivity contribution is 0.202. The number of rotatable bonds is 5. The maximum absolute atomic E-state index is 3.51. The molecule has 0 radical (unpaired) electrons. The lowest BCUT2D eigenvalue weighted by Gasteiger charge is -2.38. The van der Waals surface area contributed by atoms with Crippen molar-refractivity contribution in [3.63, 3.8) is 0 Å². The van der Waals surface area contributed by atoms with Gasteiger partial charge in [0.2, 0.25) is 0 Å². The van der Waals surface area contributed by atoms with Gasteiger partial charge in [-0.3, -0.25) is 4.90 Å². The van der Waals surface area contributed by atoms with Crippen molar-refractivity contribution in [1.29, 1.82) is 0 Å². The molecule has 1 aliphatic heterocycles. The van der Waals surface area contributed by atoms with Gasteiger partial charge >= 0.3 is 0 Å². The summed E-state index contributed by atoms with van der Waals surface area (Å²) in [6.45, 7) is 14.1. The fourth-order valence-electron chi connectivity index (χ4n) is 2.19. The monoisotopic (exact) mass is 230 g/mol. The molecule has 3 atom stereocenters. The van der Waals surface area contributed by atoms with Crippen LogP contribution in [0.1, 0.15) is 34.1 Å². The highest BCUT2D eigenvalue weighted by molar-refractivity contribution is 8.00. The third-order valence-electron chi connectivity index (χ3n) is 2.94. The molecule has 1 fully saturated rings. The molecule has 0 saturated carbocycles. The molecule has 90 valence electrons. The Balaban J connectivity index is 2.28. The fourth-order valence-corrected chi connectivity index (χ4v) is 3.54. The van der Waals surface area contributed by atoms with Gasteiger partial charge in [0.05, 0.1) is 0 Å². The third-order valence-corrected chi connectivity index (χ3v) is 4.17. The van der Waals surface area contributed by atoms with Crippen LogP contribution in [0.25, 0.3) is 0 Å². The van der Waals surface area contributed by atoms with E-state index in [4.69, 9.17) is 0 Å². The largest absolute Gasteiger partial charge is 0.315 e. The molecule has 1 saturated heterocycles. The molecule has 1 heterocycles. The van der Waals surface area contributed by atoms with Gasteiger partial charge in [0.15, 0.2) is 0 Å². The van der Waals surface area contributed by atoms with E-state index in [1.165, 1.54) is 19.5 Å². The van der Waals surface area contributed by atoms with Crippen molar-refractivity contribution in [2.45, 2.75) is 50.7 Å². The first-order valence-corrected chi connectivity index (χ1v) is 7.18. The van der Waals surface area contributed by atoms with Crippen LogP contribution >= 0.6 is 11.8 Å². The smallest absolute Gasteiger partial charge is 0.0193 e. The van der Waals surface area contributed by atoms with Crippen molar-refractivity contribution in [3.8, 4) is 0 Å². The first-order chi connectivity index (χ1) is 7.13. The van der Waals surface area contributed by atoms with Crippen LogP contribution in [-0.2, 0) is 0 Å². The molecule has 0 aliphatic carbocycles. The normalized spacial score (nSPS) is 30.4. The van der Waals surface area contributed by atoms with Gasteiger partial charge in [-0.1, -0.05) is 20.8 Å². The molecule has 0 spiro atoms. The molecule has 0 aromatic carbocycles. The summed E-state index contributed by atoms with van der Waals surface area (Å²) >= 11 is 2.13. The van der Waals surface area contributed by atoms with Crippen LogP contribution in [0.2, 0.25) is 0 Å². The second-order valence-electron chi connectivity index (χ2n) is 4.76. The minimum atomic E-state index is 0.683. The predicted octanol–water partition coefficient (Wildman–Crippen LogP) is 2.20. The Hall–Kier alpha value is 0.270. The Labute approximate surface area is 99.2 Å². The van der Waals surface area contributed by atoms with Crippen molar-refractivity contribution in [3.05, 3.63) is 0 Å². The van der Waals surface area contributed by atoms with Crippen LogP contribution in [-0.4, -0.2) is 47.6 Å². The second-order valence-corrected chi connectivity index (χ2v) is 6.65. The van der Waals surface area contributed by atoms with E-state index in [9.17, 15) is 0 Å². The van der Waals surface area contributed by atoms with Gasteiger partial charge in [-0.25, -0.2) is 0 Å². The van der Waals surface area contributed by atoms with Crippen LogP contribution in [0, 0.1) is 0 Å². The van der Waals surface area contributed by atoms with Crippen molar-refractivity contribution in [1.82, 2.24) is 10.2 Å². The molecule has 3 heteroatoms. The van der Waals surface area contributed by atoms with Crippen molar-refractivity contribution in [2.75, 3.05) is 26.2 Å². The average molecular weight is 230 g/mol. The molecule has 0 aromatic heterocycles. The molecular formula is C12H26N2S. The third kappa shape index (κ3) is 4.75. The molecule has 15 heavy (non-hydrogen) atoms. The van der Waals surface area contributed by atoms with Crippen LogP contribution in [0.5, 0.6) is 0 Å². The number of hydrogen-bond acceptors (Lipinski definition) is 3. The predicted molar refractivity (Wildman–Crippen MR) is 70.7 cm³/mol. The highest BCUT2D eigenvalue weighted by Crippen LogP contribution is 2.25. The van der Waals surface area contributed by atoms with Crippen LogP contribution in [0.15, 0.2) is 0 Å². The van der Waals surface area contributed by atoms with Gasteiger partial charge in [-0.2, -0.15) is 11.8 Å². The Kier molecular flexibility index (Phi) is 6.02. The Morgan fingerprint density at radius 3 is 2.47 bits per heavy atom. The maximum atomic E-state index is 3.51.